The third kappa shape index (κ3) is 3.16. The van der Waals surface area contributed by atoms with Crippen LogP contribution in [0.4, 0.5) is 4.39 Å². The lowest BCUT2D eigenvalue weighted by Gasteiger charge is -2.28. The van der Waals surface area contributed by atoms with E-state index in [1.54, 1.807) is 11.9 Å². The predicted octanol–water partition coefficient (Wildman–Crippen LogP) is 1.33. The van der Waals surface area contributed by atoms with Gasteiger partial charge in [-0.05, 0) is 27.3 Å². The standard InChI is InChI=1S/C11H21FN2O/c1-5-11(2,3)13-10(15)9-6-8(12)7-14(9)4/h8-9H,5-7H2,1-4H3,(H,13,15). The number of nitrogens with zero attached hydrogens (tertiary/aromatic N) is 1. The van der Waals surface area contributed by atoms with E-state index in [0.29, 0.717) is 13.0 Å². The molecule has 1 heterocycles. The lowest BCUT2D eigenvalue weighted by atomic mass is 10.0. The number of hydrogen-bond acceptors (Lipinski definition) is 2. The monoisotopic (exact) mass is 216 g/mol. The number of likely N-dealkylation sites (N-methyl/N-ethyl adjacent to an activating group) is 1. The Bertz CT molecular complexity index is 243. The predicted molar refractivity (Wildman–Crippen MR) is 58.4 cm³/mol. The van der Waals surface area contributed by atoms with Crippen LogP contribution in [0, 0.1) is 0 Å². The topological polar surface area (TPSA) is 32.3 Å². The molecule has 88 valence electrons. The number of carbonyl (C=O) groups excluding carboxylic acids is 1. The Balaban J connectivity index is 2.54. The molecule has 4 heteroatoms. The molecule has 0 saturated carbocycles. The zero-order chi connectivity index (χ0) is 11.6. The molecule has 1 fully saturated rings. The molecule has 1 amide bonds. The Morgan fingerprint density at radius 1 is 1.60 bits per heavy atom. The van der Waals surface area contributed by atoms with Crippen LogP contribution in [0.3, 0.4) is 0 Å². The summed E-state index contributed by atoms with van der Waals surface area (Å²) in [5.41, 5.74) is -0.202. The highest BCUT2D eigenvalue weighted by Crippen LogP contribution is 2.19. The van der Waals surface area contributed by atoms with E-state index in [1.807, 2.05) is 20.8 Å². The first-order valence-electron chi connectivity index (χ1n) is 5.52. The van der Waals surface area contributed by atoms with Crippen molar-refractivity contribution >= 4 is 5.91 Å². The number of rotatable bonds is 3. The molecule has 0 spiro atoms. The average molecular weight is 216 g/mol. The minimum atomic E-state index is -0.865. The van der Waals surface area contributed by atoms with Gasteiger partial charge in [-0.3, -0.25) is 9.69 Å². The molecule has 1 saturated heterocycles. The molecule has 1 N–H and O–H groups in total. The van der Waals surface area contributed by atoms with E-state index >= 15 is 0 Å². The summed E-state index contributed by atoms with van der Waals surface area (Å²) in [6.07, 6.45) is 0.326. The summed E-state index contributed by atoms with van der Waals surface area (Å²) in [6.45, 7) is 6.35. The second-order valence-corrected chi connectivity index (χ2v) is 5.02. The fourth-order valence-corrected chi connectivity index (χ4v) is 1.75. The Morgan fingerprint density at radius 3 is 2.60 bits per heavy atom. The Hall–Kier alpha value is -0.640. The maximum absolute atomic E-state index is 13.1. The fourth-order valence-electron chi connectivity index (χ4n) is 1.75. The van der Waals surface area contributed by atoms with Gasteiger partial charge in [-0.25, -0.2) is 4.39 Å². The first-order valence-corrected chi connectivity index (χ1v) is 5.52. The van der Waals surface area contributed by atoms with Crippen LogP contribution in [0.15, 0.2) is 0 Å². The van der Waals surface area contributed by atoms with E-state index in [1.165, 1.54) is 0 Å². The van der Waals surface area contributed by atoms with Crippen molar-refractivity contribution in [3.05, 3.63) is 0 Å². The van der Waals surface area contributed by atoms with Gasteiger partial charge < -0.3 is 5.32 Å². The maximum atomic E-state index is 13.1. The van der Waals surface area contributed by atoms with Gasteiger partial charge in [0.2, 0.25) is 5.91 Å². The van der Waals surface area contributed by atoms with Crippen molar-refractivity contribution in [3.8, 4) is 0 Å². The smallest absolute Gasteiger partial charge is 0.237 e. The summed E-state index contributed by atoms with van der Waals surface area (Å²) < 4.78 is 13.1. The molecule has 0 aromatic heterocycles. The minimum absolute atomic E-state index is 0.0514. The zero-order valence-corrected chi connectivity index (χ0v) is 10.0. The Morgan fingerprint density at radius 2 is 2.20 bits per heavy atom. The second kappa shape index (κ2) is 4.47. The summed E-state index contributed by atoms with van der Waals surface area (Å²) in [4.78, 5) is 13.6. The van der Waals surface area contributed by atoms with E-state index in [2.05, 4.69) is 5.32 Å². The average Bonchev–Trinajstić information content (AvgIpc) is 2.45. The number of likely N-dealkylation sites (tertiary alicyclic amines) is 1. The first-order chi connectivity index (χ1) is 6.85. The second-order valence-electron chi connectivity index (χ2n) is 5.02. The summed E-state index contributed by atoms with van der Waals surface area (Å²) in [6, 6.07) is -0.300. The molecule has 1 rings (SSSR count). The van der Waals surface area contributed by atoms with Crippen molar-refractivity contribution in [2.45, 2.75) is 51.4 Å². The molecular formula is C11H21FN2O. The normalized spacial score (nSPS) is 28.1. The highest BCUT2D eigenvalue weighted by Gasteiger charge is 2.35. The van der Waals surface area contributed by atoms with Gasteiger partial charge in [0.15, 0.2) is 0 Å². The van der Waals surface area contributed by atoms with Gasteiger partial charge in [0.1, 0.15) is 6.17 Å². The Labute approximate surface area is 91.0 Å². The van der Waals surface area contributed by atoms with Crippen molar-refractivity contribution in [3.63, 3.8) is 0 Å². The third-order valence-electron chi connectivity index (χ3n) is 3.15. The molecule has 0 bridgehead atoms. The van der Waals surface area contributed by atoms with E-state index < -0.39 is 6.17 Å². The fraction of sp³-hybridized carbons (Fsp3) is 0.909. The third-order valence-corrected chi connectivity index (χ3v) is 3.15. The van der Waals surface area contributed by atoms with Gasteiger partial charge in [0.05, 0.1) is 6.04 Å². The van der Waals surface area contributed by atoms with Crippen molar-refractivity contribution in [1.82, 2.24) is 10.2 Å². The van der Waals surface area contributed by atoms with Gasteiger partial charge >= 0.3 is 0 Å². The van der Waals surface area contributed by atoms with Gasteiger partial charge in [-0.1, -0.05) is 6.92 Å². The largest absolute Gasteiger partial charge is 0.350 e. The van der Waals surface area contributed by atoms with Crippen LogP contribution < -0.4 is 5.32 Å². The molecule has 0 aliphatic carbocycles. The van der Waals surface area contributed by atoms with Crippen LogP contribution in [0.5, 0.6) is 0 Å². The van der Waals surface area contributed by atoms with Crippen molar-refractivity contribution < 1.29 is 9.18 Å². The molecular weight excluding hydrogens is 195 g/mol. The van der Waals surface area contributed by atoms with E-state index in [-0.39, 0.29) is 17.5 Å². The van der Waals surface area contributed by atoms with Crippen LogP contribution in [0.1, 0.15) is 33.6 Å². The lowest BCUT2D eigenvalue weighted by Crippen LogP contribution is -2.50. The number of amides is 1. The summed E-state index contributed by atoms with van der Waals surface area (Å²) in [7, 11) is 1.79. The van der Waals surface area contributed by atoms with Gasteiger partial charge in [-0.15, -0.1) is 0 Å². The van der Waals surface area contributed by atoms with Crippen molar-refractivity contribution in [1.29, 1.82) is 0 Å². The number of alkyl halides is 1. The van der Waals surface area contributed by atoms with E-state index in [0.717, 1.165) is 6.42 Å². The molecule has 15 heavy (non-hydrogen) atoms. The van der Waals surface area contributed by atoms with E-state index in [4.69, 9.17) is 0 Å². The Kier molecular flexibility index (Phi) is 3.71. The van der Waals surface area contributed by atoms with Crippen LogP contribution in [0.25, 0.3) is 0 Å². The van der Waals surface area contributed by atoms with Crippen LogP contribution >= 0.6 is 0 Å². The van der Waals surface area contributed by atoms with Crippen molar-refractivity contribution in [2.24, 2.45) is 0 Å². The number of carbonyl (C=O) groups is 1. The SMILES string of the molecule is CCC(C)(C)NC(=O)C1CC(F)CN1C. The van der Waals surface area contributed by atoms with Crippen LogP contribution in [0.2, 0.25) is 0 Å². The maximum Gasteiger partial charge on any atom is 0.237 e. The minimum Gasteiger partial charge on any atom is -0.350 e. The van der Waals surface area contributed by atoms with E-state index in [9.17, 15) is 9.18 Å². The van der Waals surface area contributed by atoms with Crippen LogP contribution in [-0.4, -0.2) is 42.2 Å². The summed E-state index contributed by atoms with van der Waals surface area (Å²) in [5, 5.41) is 2.95. The first kappa shape index (κ1) is 12.4. The van der Waals surface area contributed by atoms with Crippen molar-refractivity contribution in [2.75, 3.05) is 13.6 Å². The lowest BCUT2D eigenvalue weighted by molar-refractivity contribution is -0.126. The zero-order valence-electron chi connectivity index (χ0n) is 10.0. The number of nitrogens with one attached hydrogen (secondary N) is 1. The molecule has 3 nitrogen and oxygen atoms in total. The van der Waals surface area contributed by atoms with Gasteiger partial charge in [0.25, 0.3) is 0 Å². The van der Waals surface area contributed by atoms with Crippen LogP contribution in [-0.2, 0) is 4.79 Å². The molecule has 1 aliphatic heterocycles. The van der Waals surface area contributed by atoms with Gasteiger partial charge in [-0.2, -0.15) is 0 Å². The molecule has 0 aromatic carbocycles. The van der Waals surface area contributed by atoms with Gasteiger partial charge in [0, 0.05) is 18.5 Å². The molecule has 2 unspecified atom stereocenters. The number of halogens is 1. The highest BCUT2D eigenvalue weighted by molar-refractivity contribution is 5.82. The molecule has 0 radical (unpaired) electrons. The molecule has 2 atom stereocenters. The number of hydrogen-bond donors (Lipinski definition) is 1. The molecule has 0 aromatic rings. The summed E-state index contributed by atoms with van der Waals surface area (Å²) in [5.74, 6) is -0.0514. The molecule has 1 aliphatic rings. The quantitative estimate of drug-likeness (QED) is 0.772. The highest BCUT2D eigenvalue weighted by atomic mass is 19.1. The summed E-state index contributed by atoms with van der Waals surface area (Å²) >= 11 is 0.